The van der Waals surface area contributed by atoms with Crippen molar-refractivity contribution in [1.29, 1.82) is 0 Å². The third-order valence-corrected chi connectivity index (χ3v) is 7.42. The van der Waals surface area contributed by atoms with Gasteiger partial charge in [-0.2, -0.15) is 0 Å². The molecule has 2 heterocycles. The lowest BCUT2D eigenvalue weighted by atomic mass is 9.64. The summed E-state index contributed by atoms with van der Waals surface area (Å²) < 4.78 is 7.69. The first kappa shape index (κ1) is 20.7. The molecule has 1 amide bonds. The average molecular weight is 435 g/mol. The summed E-state index contributed by atoms with van der Waals surface area (Å²) in [4.78, 5) is 13.0. The Labute approximate surface area is 180 Å². The van der Waals surface area contributed by atoms with Crippen LogP contribution in [0, 0.1) is 0 Å². The maximum Gasteiger partial charge on any atom is 0.230 e. The fourth-order valence-electron chi connectivity index (χ4n) is 4.03. The molecule has 156 valence electrons. The summed E-state index contributed by atoms with van der Waals surface area (Å²) in [6.45, 7) is 1.42. The van der Waals surface area contributed by atoms with E-state index in [4.69, 9.17) is 16.3 Å². The molecule has 2 aromatic rings. The van der Waals surface area contributed by atoms with E-state index in [0.717, 1.165) is 61.0 Å². The first-order valence-corrected chi connectivity index (χ1v) is 11.6. The highest BCUT2D eigenvalue weighted by Gasteiger charge is 2.45. The van der Waals surface area contributed by atoms with Gasteiger partial charge in [-0.05, 0) is 43.4 Å². The Bertz CT molecular complexity index is 845. The van der Waals surface area contributed by atoms with Crippen LogP contribution in [0.25, 0.3) is 0 Å². The molecule has 0 radical (unpaired) electrons. The summed E-state index contributed by atoms with van der Waals surface area (Å²) in [6.07, 6.45) is 6.09. The van der Waals surface area contributed by atoms with Crippen molar-refractivity contribution in [3.8, 4) is 0 Å². The molecule has 1 aromatic carbocycles. The van der Waals surface area contributed by atoms with Crippen LogP contribution in [0.4, 0.5) is 0 Å². The zero-order valence-corrected chi connectivity index (χ0v) is 18.3. The predicted molar refractivity (Wildman–Crippen MR) is 114 cm³/mol. The number of carbonyl (C=O) groups excluding carboxylic acids is 1. The molecule has 6 nitrogen and oxygen atoms in total. The van der Waals surface area contributed by atoms with Gasteiger partial charge in [0.15, 0.2) is 5.16 Å². The minimum absolute atomic E-state index is 0.0984. The number of nitrogens with one attached hydrogen (secondary N) is 1. The van der Waals surface area contributed by atoms with E-state index in [0.29, 0.717) is 24.1 Å². The molecule has 1 aliphatic carbocycles. The summed E-state index contributed by atoms with van der Waals surface area (Å²) in [5, 5.41) is 13.3. The fourth-order valence-corrected chi connectivity index (χ4v) is 5.16. The molecule has 1 unspecified atom stereocenters. The van der Waals surface area contributed by atoms with Gasteiger partial charge < -0.3 is 14.6 Å². The number of ether oxygens (including phenoxy) is 1. The molecule has 2 aliphatic rings. The number of thioether (sulfide) groups is 1. The van der Waals surface area contributed by atoms with Gasteiger partial charge in [0.05, 0.1) is 11.5 Å². The summed E-state index contributed by atoms with van der Waals surface area (Å²) in [7, 11) is 1.98. The molecule has 1 saturated heterocycles. The highest BCUT2D eigenvalue weighted by atomic mass is 35.5. The largest absolute Gasteiger partial charge is 0.377 e. The number of nitrogens with zero attached hydrogens (tertiary/aromatic N) is 3. The fraction of sp³-hybridized carbons (Fsp3) is 0.571. The van der Waals surface area contributed by atoms with Gasteiger partial charge in [0.2, 0.25) is 5.91 Å². The summed E-state index contributed by atoms with van der Waals surface area (Å²) in [5.41, 5.74) is 0.643. The van der Waals surface area contributed by atoms with Gasteiger partial charge in [-0.1, -0.05) is 41.9 Å². The van der Waals surface area contributed by atoms with Crippen molar-refractivity contribution in [2.24, 2.45) is 7.05 Å². The molecule has 1 aliphatic heterocycles. The second kappa shape index (κ2) is 9.06. The van der Waals surface area contributed by atoms with E-state index in [-0.39, 0.29) is 5.91 Å². The lowest BCUT2D eigenvalue weighted by Crippen LogP contribution is -2.49. The molecule has 8 heteroatoms. The summed E-state index contributed by atoms with van der Waals surface area (Å²) in [5.74, 6) is 1.89. The first-order chi connectivity index (χ1) is 14.1. The Kier molecular flexibility index (Phi) is 6.47. The van der Waals surface area contributed by atoms with Crippen LogP contribution in [0.1, 0.15) is 43.5 Å². The number of rotatable bonds is 8. The number of hydrogen-bond acceptors (Lipinski definition) is 5. The number of halogens is 1. The van der Waals surface area contributed by atoms with Crippen molar-refractivity contribution in [3.05, 3.63) is 40.7 Å². The van der Waals surface area contributed by atoms with Crippen LogP contribution in [0.2, 0.25) is 5.02 Å². The number of benzene rings is 1. The van der Waals surface area contributed by atoms with Crippen LogP contribution in [0.5, 0.6) is 0 Å². The molecule has 0 bridgehead atoms. The second-order valence-corrected chi connectivity index (χ2v) is 9.28. The highest BCUT2D eigenvalue weighted by Crippen LogP contribution is 2.44. The van der Waals surface area contributed by atoms with Crippen molar-refractivity contribution >= 4 is 29.3 Å². The molecule has 1 N–H and O–H groups in total. The molecule has 1 saturated carbocycles. The summed E-state index contributed by atoms with van der Waals surface area (Å²) in [6, 6.07) is 7.67. The van der Waals surface area contributed by atoms with E-state index in [1.165, 1.54) is 0 Å². The van der Waals surface area contributed by atoms with Crippen molar-refractivity contribution < 1.29 is 9.53 Å². The van der Waals surface area contributed by atoms with E-state index in [2.05, 4.69) is 15.5 Å². The zero-order valence-electron chi connectivity index (χ0n) is 16.7. The minimum atomic E-state index is -0.410. The Balaban J connectivity index is 1.30. The van der Waals surface area contributed by atoms with Crippen LogP contribution in [0.3, 0.4) is 0 Å². The predicted octanol–water partition coefficient (Wildman–Crippen LogP) is 3.52. The third-order valence-electron chi connectivity index (χ3n) is 6.02. The zero-order chi connectivity index (χ0) is 20.3. The molecule has 2 fully saturated rings. The Morgan fingerprint density at radius 3 is 2.76 bits per heavy atom. The van der Waals surface area contributed by atoms with Gasteiger partial charge in [-0.25, -0.2) is 0 Å². The normalized spacial score (nSPS) is 20.4. The topological polar surface area (TPSA) is 69.0 Å². The van der Waals surface area contributed by atoms with E-state index in [9.17, 15) is 4.79 Å². The monoisotopic (exact) mass is 434 g/mol. The van der Waals surface area contributed by atoms with Crippen LogP contribution in [-0.4, -0.2) is 45.7 Å². The Hall–Kier alpha value is -1.57. The van der Waals surface area contributed by atoms with Crippen LogP contribution < -0.4 is 5.32 Å². The maximum absolute atomic E-state index is 13.0. The lowest BCUT2D eigenvalue weighted by molar-refractivity contribution is -0.129. The standard InChI is InChI=1S/C21H27ClN4O2S/c1-26-18(24-25-20(26)29-14-17-4-2-13-28-17)9-12-23-19(27)21(10-3-11-21)15-5-7-16(22)8-6-15/h5-8,17H,2-4,9-14H2,1H3,(H,23,27). The van der Waals surface area contributed by atoms with Crippen molar-refractivity contribution in [2.45, 2.75) is 55.2 Å². The SMILES string of the molecule is Cn1c(CCNC(=O)C2(c3ccc(Cl)cc3)CCC2)nnc1SCC1CCCO1. The average Bonchev–Trinajstić information content (AvgIpc) is 3.31. The number of hydrogen-bond donors (Lipinski definition) is 1. The number of aromatic nitrogens is 3. The van der Waals surface area contributed by atoms with Gasteiger partial charge in [0.1, 0.15) is 5.82 Å². The first-order valence-electron chi connectivity index (χ1n) is 10.3. The van der Waals surface area contributed by atoms with Crippen molar-refractivity contribution in [2.75, 3.05) is 18.9 Å². The molecule has 1 aromatic heterocycles. The number of carbonyl (C=O) groups is 1. The minimum Gasteiger partial charge on any atom is -0.377 e. The van der Waals surface area contributed by atoms with Gasteiger partial charge in [-0.3, -0.25) is 4.79 Å². The van der Waals surface area contributed by atoms with Crippen molar-refractivity contribution in [1.82, 2.24) is 20.1 Å². The quantitative estimate of drug-likeness (QED) is 0.644. The Morgan fingerprint density at radius 2 is 2.10 bits per heavy atom. The molecular formula is C21H27ClN4O2S. The van der Waals surface area contributed by atoms with E-state index >= 15 is 0 Å². The number of amides is 1. The highest BCUT2D eigenvalue weighted by molar-refractivity contribution is 7.99. The van der Waals surface area contributed by atoms with Gasteiger partial charge in [0, 0.05) is 37.4 Å². The van der Waals surface area contributed by atoms with Crippen LogP contribution in [0.15, 0.2) is 29.4 Å². The van der Waals surface area contributed by atoms with Crippen LogP contribution >= 0.6 is 23.4 Å². The second-order valence-electron chi connectivity index (χ2n) is 7.85. The van der Waals surface area contributed by atoms with Gasteiger partial charge >= 0.3 is 0 Å². The van der Waals surface area contributed by atoms with Crippen molar-refractivity contribution in [3.63, 3.8) is 0 Å². The van der Waals surface area contributed by atoms with E-state index in [1.54, 1.807) is 11.8 Å². The van der Waals surface area contributed by atoms with Gasteiger partial charge in [-0.15, -0.1) is 10.2 Å². The third kappa shape index (κ3) is 4.47. The molecule has 29 heavy (non-hydrogen) atoms. The lowest BCUT2D eigenvalue weighted by Gasteiger charge is -2.40. The van der Waals surface area contributed by atoms with E-state index < -0.39 is 5.41 Å². The summed E-state index contributed by atoms with van der Waals surface area (Å²) >= 11 is 7.69. The smallest absolute Gasteiger partial charge is 0.230 e. The van der Waals surface area contributed by atoms with E-state index in [1.807, 2.05) is 35.9 Å². The molecule has 1 atom stereocenters. The Morgan fingerprint density at radius 1 is 1.31 bits per heavy atom. The molecular weight excluding hydrogens is 408 g/mol. The molecule has 0 spiro atoms. The van der Waals surface area contributed by atoms with Gasteiger partial charge in [0.25, 0.3) is 0 Å². The maximum atomic E-state index is 13.0. The van der Waals surface area contributed by atoms with Crippen LogP contribution in [-0.2, 0) is 28.4 Å². The molecule has 4 rings (SSSR count).